The maximum absolute atomic E-state index is 11.4. The van der Waals surface area contributed by atoms with E-state index < -0.39 is 0 Å². The first-order valence-electron chi connectivity index (χ1n) is 5.02. The zero-order valence-corrected chi connectivity index (χ0v) is 9.63. The molecule has 0 bridgehead atoms. The van der Waals surface area contributed by atoms with Gasteiger partial charge in [0.1, 0.15) is 6.61 Å². The quantitative estimate of drug-likeness (QED) is 0.830. The van der Waals surface area contributed by atoms with Gasteiger partial charge in [-0.05, 0) is 12.1 Å². The van der Waals surface area contributed by atoms with E-state index >= 15 is 0 Å². The number of halogens is 1. The Labute approximate surface area is 101 Å². The molecule has 0 radical (unpaired) electrons. The van der Waals surface area contributed by atoms with Gasteiger partial charge in [-0.15, -0.1) is 12.4 Å². The monoisotopic (exact) mass is 242 g/mol. The molecule has 5 heteroatoms. The van der Waals surface area contributed by atoms with E-state index in [9.17, 15) is 4.79 Å². The van der Waals surface area contributed by atoms with Crippen molar-refractivity contribution in [2.45, 2.75) is 6.10 Å². The molecule has 0 aliphatic carbocycles. The number of hydrogen-bond acceptors (Lipinski definition) is 3. The lowest BCUT2D eigenvalue weighted by atomic mass is 10.2. The summed E-state index contributed by atoms with van der Waals surface area (Å²) in [7, 11) is 0. The topological polar surface area (TPSA) is 50.4 Å². The maximum atomic E-state index is 11.4. The summed E-state index contributed by atoms with van der Waals surface area (Å²) in [5, 5.41) is 5.84. The summed E-state index contributed by atoms with van der Waals surface area (Å²) in [4.78, 5) is 11.4. The lowest BCUT2D eigenvalue weighted by Gasteiger charge is -2.26. The molecule has 0 atom stereocenters. The standard InChI is InChI=1S/C11H14N2O2.ClH/c14-11(8-15-10-6-12-7-10)13-9-4-2-1-3-5-9;/h1-5,10,12H,6-8H2,(H,13,14);1H. The maximum Gasteiger partial charge on any atom is 0.250 e. The van der Waals surface area contributed by atoms with Crippen LogP contribution in [0.4, 0.5) is 5.69 Å². The summed E-state index contributed by atoms with van der Waals surface area (Å²) < 4.78 is 5.34. The SMILES string of the molecule is Cl.O=C(COC1CNC1)Nc1ccccc1. The summed E-state index contributed by atoms with van der Waals surface area (Å²) in [6.07, 6.45) is 0.200. The Morgan fingerprint density at radius 2 is 2.06 bits per heavy atom. The molecule has 1 amide bonds. The predicted molar refractivity (Wildman–Crippen MR) is 64.9 cm³/mol. The minimum absolute atomic E-state index is 0. The third-order valence-corrected chi connectivity index (χ3v) is 2.25. The minimum Gasteiger partial charge on any atom is -0.366 e. The van der Waals surface area contributed by atoms with Crippen LogP contribution >= 0.6 is 12.4 Å². The molecule has 0 unspecified atom stereocenters. The van der Waals surface area contributed by atoms with Crippen LogP contribution in [-0.4, -0.2) is 31.7 Å². The lowest BCUT2D eigenvalue weighted by Crippen LogP contribution is -2.49. The number of carbonyl (C=O) groups excluding carboxylic acids is 1. The molecule has 2 N–H and O–H groups in total. The molecule has 0 spiro atoms. The van der Waals surface area contributed by atoms with E-state index in [0.717, 1.165) is 18.8 Å². The first kappa shape index (κ1) is 13.0. The fourth-order valence-electron chi connectivity index (χ4n) is 1.29. The molecule has 88 valence electrons. The van der Waals surface area contributed by atoms with Crippen LogP contribution in [0.2, 0.25) is 0 Å². The van der Waals surface area contributed by atoms with E-state index in [2.05, 4.69) is 10.6 Å². The second kappa shape index (κ2) is 6.48. The summed E-state index contributed by atoms with van der Waals surface area (Å²) in [5.41, 5.74) is 0.804. The van der Waals surface area contributed by atoms with E-state index in [0.29, 0.717) is 0 Å². The van der Waals surface area contributed by atoms with Crippen molar-refractivity contribution in [3.8, 4) is 0 Å². The molecule has 1 saturated heterocycles. The summed E-state index contributed by atoms with van der Waals surface area (Å²) in [5.74, 6) is -0.104. The van der Waals surface area contributed by atoms with E-state index in [1.54, 1.807) is 0 Å². The van der Waals surface area contributed by atoms with Crippen LogP contribution in [0.15, 0.2) is 30.3 Å². The number of ether oxygens (including phenoxy) is 1. The Kier molecular flexibility index (Phi) is 5.25. The third-order valence-electron chi connectivity index (χ3n) is 2.25. The van der Waals surface area contributed by atoms with Crippen molar-refractivity contribution in [3.63, 3.8) is 0 Å². The van der Waals surface area contributed by atoms with Gasteiger partial charge in [-0.3, -0.25) is 4.79 Å². The van der Waals surface area contributed by atoms with E-state index in [-0.39, 0.29) is 31.0 Å². The number of amides is 1. The van der Waals surface area contributed by atoms with E-state index in [4.69, 9.17) is 4.74 Å². The molecule has 1 aliphatic heterocycles. The second-order valence-electron chi connectivity index (χ2n) is 3.51. The van der Waals surface area contributed by atoms with Crippen LogP contribution in [0.1, 0.15) is 0 Å². The van der Waals surface area contributed by atoms with Crippen molar-refractivity contribution in [2.75, 3.05) is 25.0 Å². The molecule has 16 heavy (non-hydrogen) atoms. The highest BCUT2D eigenvalue weighted by Crippen LogP contribution is 2.05. The fraction of sp³-hybridized carbons (Fsp3) is 0.364. The lowest BCUT2D eigenvalue weighted by molar-refractivity contribution is -0.123. The van der Waals surface area contributed by atoms with Gasteiger partial charge in [0.05, 0.1) is 6.10 Å². The van der Waals surface area contributed by atoms with Crippen LogP contribution in [-0.2, 0) is 9.53 Å². The van der Waals surface area contributed by atoms with Gasteiger partial charge in [-0.25, -0.2) is 0 Å². The van der Waals surface area contributed by atoms with Crippen molar-refractivity contribution in [1.82, 2.24) is 5.32 Å². The Bertz CT molecular complexity index is 328. The number of nitrogens with one attached hydrogen (secondary N) is 2. The molecule has 1 fully saturated rings. The molecule has 0 saturated carbocycles. The number of hydrogen-bond donors (Lipinski definition) is 2. The third kappa shape index (κ3) is 3.81. The van der Waals surface area contributed by atoms with Gasteiger partial charge in [0.2, 0.25) is 5.91 Å². The van der Waals surface area contributed by atoms with Crippen LogP contribution in [0.25, 0.3) is 0 Å². The number of anilines is 1. The van der Waals surface area contributed by atoms with Gasteiger partial charge in [0.25, 0.3) is 0 Å². The van der Waals surface area contributed by atoms with Gasteiger partial charge in [0.15, 0.2) is 0 Å². The predicted octanol–water partition coefficient (Wildman–Crippen LogP) is 1.04. The fourth-order valence-corrected chi connectivity index (χ4v) is 1.29. The first-order chi connectivity index (χ1) is 7.34. The van der Waals surface area contributed by atoms with Crippen LogP contribution < -0.4 is 10.6 Å². The Morgan fingerprint density at radius 1 is 1.38 bits per heavy atom. The molecule has 1 aromatic rings. The number of para-hydroxylation sites is 1. The number of benzene rings is 1. The average Bonchev–Trinajstić information content (AvgIpc) is 2.17. The average molecular weight is 243 g/mol. The molecule has 4 nitrogen and oxygen atoms in total. The van der Waals surface area contributed by atoms with Gasteiger partial charge in [0, 0.05) is 18.8 Å². The zero-order valence-electron chi connectivity index (χ0n) is 8.81. The molecule has 2 rings (SSSR count). The second-order valence-corrected chi connectivity index (χ2v) is 3.51. The highest BCUT2D eigenvalue weighted by atomic mass is 35.5. The minimum atomic E-state index is -0.104. The first-order valence-corrected chi connectivity index (χ1v) is 5.02. The van der Waals surface area contributed by atoms with E-state index in [1.807, 2.05) is 30.3 Å². The summed E-state index contributed by atoms with van der Waals surface area (Å²) in [6, 6.07) is 9.37. The number of rotatable bonds is 4. The Morgan fingerprint density at radius 3 is 2.62 bits per heavy atom. The normalized spacial score (nSPS) is 14.8. The molecule has 1 aliphatic rings. The van der Waals surface area contributed by atoms with Gasteiger partial charge < -0.3 is 15.4 Å². The highest BCUT2D eigenvalue weighted by Gasteiger charge is 2.18. The Balaban J connectivity index is 0.00000128. The van der Waals surface area contributed by atoms with Crippen LogP contribution in [0, 0.1) is 0 Å². The smallest absolute Gasteiger partial charge is 0.250 e. The summed E-state index contributed by atoms with van der Waals surface area (Å²) in [6.45, 7) is 1.82. The van der Waals surface area contributed by atoms with Gasteiger partial charge >= 0.3 is 0 Å². The van der Waals surface area contributed by atoms with Crippen LogP contribution in [0.5, 0.6) is 0 Å². The molecule has 0 aromatic heterocycles. The van der Waals surface area contributed by atoms with Crippen molar-refractivity contribution in [1.29, 1.82) is 0 Å². The largest absolute Gasteiger partial charge is 0.366 e. The molecular weight excluding hydrogens is 228 g/mol. The van der Waals surface area contributed by atoms with Gasteiger partial charge in [-0.2, -0.15) is 0 Å². The van der Waals surface area contributed by atoms with Crippen molar-refractivity contribution in [3.05, 3.63) is 30.3 Å². The van der Waals surface area contributed by atoms with E-state index in [1.165, 1.54) is 0 Å². The Hall–Kier alpha value is -1.10. The van der Waals surface area contributed by atoms with Crippen molar-refractivity contribution < 1.29 is 9.53 Å². The van der Waals surface area contributed by atoms with Crippen LogP contribution in [0.3, 0.4) is 0 Å². The molecule has 1 aromatic carbocycles. The van der Waals surface area contributed by atoms with Gasteiger partial charge in [-0.1, -0.05) is 18.2 Å². The summed E-state index contributed by atoms with van der Waals surface area (Å²) >= 11 is 0. The molecule has 1 heterocycles. The molecular formula is C11H15ClN2O2. The highest BCUT2D eigenvalue weighted by molar-refractivity contribution is 5.91. The number of carbonyl (C=O) groups is 1. The zero-order chi connectivity index (χ0) is 10.5. The van der Waals surface area contributed by atoms with Crippen molar-refractivity contribution in [2.24, 2.45) is 0 Å². The van der Waals surface area contributed by atoms with Crippen molar-refractivity contribution >= 4 is 24.0 Å².